The summed E-state index contributed by atoms with van der Waals surface area (Å²) in [6.07, 6.45) is 12.9. The fourth-order valence-electron chi connectivity index (χ4n) is 2.95. The molecule has 0 radical (unpaired) electrons. The van der Waals surface area contributed by atoms with Gasteiger partial charge in [0.05, 0.1) is 6.61 Å². The molecule has 0 saturated carbocycles. The van der Waals surface area contributed by atoms with E-state index in [2.05, 4.69) is 22.4 Å². The van der Waals surface area contributed by atoms with E-state index in [9.17, 15) is 4.79 Å². The van der Waals surface area contributed by atoms with Crippen LogP contribution in [0.1, 0.15) is 97.7 Å². The lowest BCUT2D eigenvalue weighted by molar-refractivity contribution is -0.149. The molecule has 1 aromatic heterocycles. The molecule has 0 atom stereocenters. The van der Waals surface area contributed by atoms with Crippen molar-refractivity contribution in [2.45, 2.75) is 104 Å². The lowest BCUT2D eigenvalue weighted by atomic mass is 9.92. The van der Waals surface area contributed by atoms with Gasteiger partial charge >= 0.3 is 5.97 Å². The van der Waals surface area contributed by atoms with Crippen LogP contribution < -0.4 is 0 Å². The molecule has 0 aromatic carbocycles. The Morgan fingerprint density at radius 2 is 1.52 bits per heavy atom. The maximum atomic E-state index is 12.1. The highest BCUT2D eigenvalue weighted by Gasteiger charge is 2.36. The molecule has 0 spiro atoms. The van der Waals surface area contributed by atoms with Crippen LogP contribution in [0.5, 0.6) is 0 Å². The van der Waals surface area contributed by atoms with E-state index in [0.717, 1.165) is 13.0 Å². The summed E-state index contributed by atoms with van der Waals surface area (Å²) < 4.78 is 6.89. The van der Waals surface area contributed by atoms with Gasteiger partial charge in [0.2, 0.25) is 0 Å². The Hall–Kier alpha value is -1.46. The monoisotopic (exact) mass is 352 g/mol. The number of unbranched alkanes of at least 4 members (excludes halogenated alkanes) is 9. The van der Waals surface area contributed by atoms with Crippen LogP contribution in [0, 0.1) is 0 Å². The number of nitrogens with zero attached hydrogens (tertiary/aromatic N) is 4. The second-order valence-corrected chi connectivity index (χ2v) is 7.25. The summed E-state index contributed by atoms with van der Waals surface area (Å²) in [5.41, 5.74) is -0.821. The summed E-state index contributed by atoms with van der Waals surface area (Å²) >= 11 is 0. The summed E-state index contributed by atoms with van der Waals surface area (Å²) in [6.45, 7) is 8.80. The van der Waals surface area contributed by atoms with Crippen molar-refractivity contribution in [3.05, 3.63) is 5.82 Å². The van der Waals surface area contributed by atoms with E-state index in [1.807, 2.05) is 13.8 Å². The van der Waals surface area contributed by atoms with Crippen molar-refractivity contribution >= 4 is 5.97 Å². The van der Waals surface area contributed by atoms with Gasteiger partial charge in [-0.1, -0.05) is 64.7 Å². The number of aryl methyl sites for hydroxylation is 1. The van der Waals surface area contributed by atoms with Crippen LogP contribution in [0.3, 0.4) is 0 Å². The molecule has 1 rings (SSSR count). The predicted molar refractivity (Wildman–Crippen MR) is 99.3 cm³/mol. The number of tetrazole rings is 1. The molecule has 1 heterocycles. The first-order chi connectivity index (χ1) is 12.0. The fourth-order valence-corrected chi connectivity index (χ4v) is 2.95. The van der Waals surface area contributed by atoms with Crippen LogP contribution in [-0.2, 0) is 21.5 Å². The van der Waals surface area contributed by atoms with E-state index in [0.29, 0.717) is 12.4 Å². The number of hydrogen-bond donors (Lipinski definition) is 0. The van der Waals surface area contributed by atoms with Gasteiger partial charge in [-0.2, -0.15) is 0 Å². The zero-order chi connectivity index (χ0) is 18.5. The Balaban J connectivity index is 2.26. The number of hydrogen-bond acceptors (Lipinski definition) is 5. The van der Waals surface area contributed by atoms with Crippen molar-refractivity contribution in [2.24, 2.45) is 0 Å². The van der Waals surface area contributed by atoms with Crippen molar-refractivity contribution in [1.29, 1.82) is 0 Å². The summed E-state index contributed by atoms with van der Waals surface area (Å²) in [6, 6.07) is 0. The lowest BCUT2D eigenvalue weighted by Crippen LogP contribution is -2.34. The highest BCUT2D eigenvalue weighted by molar-refractivity contribution is 5.80. The van der Waals surface area contributed by atoms with Gasteiger partial charge in [0.15, 0.2) is 5.82 Å². The van der Waals surface area contributed by atoms with E-state index in [1.54, 1.807) is 11.6 Å². The molecule has 0 aliphatic carbocycles. The largest absolute Gasteiger partial charge is 0.465 e. The molecule has 0 aliphatic heterocycles. The van der Waals surface area contributed by atoms with Crippen molar-refractivity contribution < 1.29 is 9.53 Å². The van der Waals surface area contributed by atoms with E-state index in [1.165, 1.54) is 57.8 Å². The van der Waals surface area contributed by atoms with Gasteiger partial charge < -0.3 is 4.74 Å². The smallest absolute Gasteiger partial charge is 0.319 e. The second-order valence-electron chi connectivity index (χ2n) is 7.25. The molecule has 6 heteroatoms. The second kappa shape index (κ2) is 12.0. The fraction of sp³-hybridized carbons (Fsp3) is 0.895. The van der Waals surface area contributed by atoms with E-state index >= 15 is 0 Å². The van der Waals surface area contributed by atoms with Crippen LogP contribution in [0.4, 0.5) is 0 Å². The third-order valence-corrected chi connectivity index (χ3v) is 4.60. The first kappa shape index (κ1) is 21.6. The van der Waals surface area contributed by atoms with Gasteiger partial charge in [-0.05, 0) is 37.6 Å². The third kappa shape index (κ3) is 7.53. The summed E-state index contributed by atoms with van der Waals surface area (Å²) in [5, 5.41) is 11.9. The Bertz CT molecular complexity index is 486. The van der Waals surface area contributed by atoms with Gasteiger partial charge in [-0.15, -0.1) is 5.10 Å². The van der Waals surface area contributed by atoms with Crippen molar-refractivity contribution in [3.8, 4) is 0 Å². The molecule has 1 aromatic rings. The molecule has 0 bridgehead atoms. The predicted octanol–water partition coefficient (Wildman–Crippen LogP) is 4.43. The summed E-state index contributed by atoms with van der Waals surface area (Å²) in [4.78, 5) is 12.1. The number of rotatable bonds is 14. The standard InChI is InChI=1S/C19H36N4O2/c1-5-7-8-9-10-11-12-13-14-15-16-23-17(20-21-22-23)19(3,4)18(24)25-6-2/h5-16H2,1-4H3. The van der Waals surface area contributed by atoms with Crippen LogP contribution in [-0.4, -0.2) is 32.8 Å². The Morgan fingerprint density at radius 1 is 0.960 bits per heavy atom. The average Bonchev–Trinajstić information content (AvgIpc) is 3.06. The highest BCUT2D eigenvalue weighted by Crippen LogP contribution is 2.22. The van der Waals surface area contributed by atoms with E-state index in [4.69, 9.17) is 4.74 Å². The Labute approximate surface area is 152 Å². The highest BCUT2D eigenvalue weighted by atomic mass is 16.5. The number of ether oxygens (including phenoxy) is 1. The van der Waals surface area contributed by atoms with E-state index < -0.39 is 5.41 Å². The quantitative estimate of drug-likeness (QED) is 0.366. The molecule has 25 heavy (non-hydrogen) atoms. The number of aromatic nitrogens is 4. The molecule has 0 fully saturated rings. The molecular formula is C19H36N4O2. The summed E-state index contributed by atoms with van der Waals surface area (Å²) in [7, 11) is 0. The van der Waals surface area contributed by atoms with Gasteiger partial charge in [-0.25, -0.2) is 4.68 Å². The zero-order valence-electron chi connectivity index (χ0n) is 16.6. The molecular weight excluding hydrogens is 316 g/mol. The number of carbonyl (C=O) groups excluding carboxylic acids is 1. The number of carbonyl (C=O) groups is 1. The first-order valence-electron chi connectivity index (χ1n) is 9.97. The number of esters is 1. The first-order valence-corrected chi connectivity index (χ1v) is 9.97. The molecule has 0 amide bonds. The van der Waals surface area contributed by atoms with Gasteiger partial charge in [0.25, 0.3) is 0 Å². The molecule has 0 N–H and O–H groups in total. The third-order valence-electron chi connectivity index (χ3n) is 4.60. The van der Waals surface area contributed by atoms with E-state index in [-0.39, 0.29) is 5.97 Å². The van der Waals surface area contributed by atoms with Crippen molar-refractivity contribution in [3.63, 3.8) is 0 Å². The molecule has 0 unspecified atom stereocenters. The maximum absolute atomic E-state index is 12.1. The normalized spacial score (nSPS) is 11.7. The Morgan fingerprint density at radius 3 is 2.08 bits per heavy atom. The van der Waals surface area contributed by atoms with Crippen LogP contribution >= 0.6 is 0 Å². The lowest BCUT2D eigenvalue weighted by Gasteiger charge is -2.21. The summed E-state index contributed by atoms with van der Waals surface area (Å²) in [5.74, 6) is 0.302. The Kier molecular flexibility index (Phi) is 10.3. The van der Waals surface area contributed by atoms with Crippen LogP contribution in [0.2, 0.25) is 0 Å². The van der Waals surface area contributed by atoms with Crippen molar-refractivity contribution in [1.82, 2.24) is 20.2 Å². The molecule has 0 aliphatic rings. The van der Waals surface area contributed by atoms with Crippen LogP contribution in [0.15, 0.2) is 0 Å². The minimum atomic E-state index is -0.821. The SMILES string of the molecule is CCCCCCCCCCCCn1nnnc1C(C)(C)C(=O)OCC. The zero-order valence-corrected chi connectivity index (χ0v) is 16.6. The minimum Gasteiger partial charge on any atom is -0.465 e. The van der Waals surface area contributed by atoms with Crippen molar-refractivity contribution in [2.75, 3.05) is 6.61 Å². The van der Waals surface area contributed by atoms with Gasteiger partial charge in [0.1, 0.15) is 5.41 Å². The average molecular weight is 353 g/mol. The van der Waals surface area contributed by atoms with Crippen LogP contribution in [0.25, 0.3) is 0 Å². The van der Waals surface area contributed by atoms with Gasteiger partial charge in [-0.3, -0.25) is 4.79 Å². The molecule has 144 valence electrons. The minimum absolute atomic E-state index is 0.283. The maximum Gasteiger partial charge on any atom is 0.319 e. The molecule has 6 nitrogen and oxygen atoms in total. The van der Waals surface area contributed by atoms with Gasteiger partial charge in [0, 0.05) is 6.54 Å². The topological polar surface area (TPSA) is 69.9 Å². The molecule has 0 saturated heterocycles.